The smallest absolute Gasteiger partial charge is 0.335 e. The molecule has 1 aliphatic carbocycles. The number of Topliss-reactive ketones (excluding diaryl/α,β-unsaturated/α-hetero) is 1. The zero-order valence-electron chi connectivity index (χ0n) is 20.6. The van der Waals surface area contributed by atoms with Gasteiger partial charge in [0.2, 0.25) is 11.0 Å². The molecule has 13 heteroatoms. The van der Waals surface area contributed by atoms with Crippen LogP contribution in [0.1, 0.15) is 45.3 Å². The van der Waals surface area contributed by atoms with Crippen molar-refractivity contribution >= 4 is 62.9 Å². The van der Waals surface area contributed by atoms with Crippen LogP contribution in [-0.2, 0) is 9.59 Å². The Morgan fingerprint density at radius 1 is 1.26 bits per heavy atom. The summed E-state index contributed by atoms with van der Waals surface area (Å²) in [4.78, 5) is 40.5. The fourth-order valence-electron chi connectivity index (χ4n) is 4.60. The second-order valence-corrected chi connectivity index (χ2v) is 12.3. The number of benzene rings is 1. The number of nitrogens with one attached hydrogen (secondary N) is 1. The Labute approximate surface area is 235 Å². The maximum absolute atomic E-state index is 13.2. The summed E-state index contributed by atoms with van der Waals surface area (Å²) < 4.78 is 0.506. The predicted molar refractivity (Wildman–Crippen MR) is 150 cm³/mol. The normalized spacial score (nSPS) is 17.2. The topological polar surface area (TPSA) is 162 Å². The molecule has 1 atom stereocenters. The van der Waals surface area contributed by atoms with Gasteiger partial charge in [0.15, 0.2) is 10.1 Å². The molecule has 0 fully saturated rings. The number of aromatic carboxylic acids is 1. The van der Waals surface area contributed by atoms with Crippen molar-refractivity contribution in [2.75, 3.05) is 16.0 Å². The molecule has 0 saturated carbocycles. The van der Waals surface area contributed by atoms with E-state index in [1.807, 2.05) is 19.1 Å². The summed E-state index contributed by atoms with van der Waals surface area (Å²) >= 11 is 3.92. The number of rotatable bonds is 7. The third-order valence-corrected chi connectivity index (χ3v) is 9.37. The van der Waals surface area contributed by atoms with Gasteiger partial charge in [-0.1, -0.05) is 29.2 Å². The average Bonchev–Trinajstić information content (AvgIpc) is 3.56. The van der Waals surface area contributed by atoms with Crippen LogP contribution < -0.4 is 16.0 Å². The minimum Gasteiger partial charge on any atom is -0.478 e. The lowest BCUT2D eigenvalue weighted by atomic mass is 9.78. The molecule has 2 aromatic heterocycles. The molecular weight excluding hydrogens is 557 g/mol. The lowest BCUT2D eigenvalue weighted by Crippen LogP contribution is -2.38. The number of amides is 1. The number of nitrogens with two attached hydrogens (primary N) is 1. The molecule has 1 aromatic carbocycles. The highest BCUT2D eigenvalue weighted by Gasteiger charge is 2.41. The number of aromatic nitrogens is 2. The molecule has 39 heavy (non-hydrogen) atoms. The SMILES string of the molecule is Cc1ccc(C2C(C#N)=C(N)N(c3nnc(SCC(=O)Nc4cccc(C(=O)O)c4)s3)C3=C2C(=O)CCC3)s1. The summed E-state index contributed by atoms with van der Waals surface area (Å²) in [5.74, 6) is -1.67. The van der Waals surface area contributed by atoms with Crippen LogP contribution in [0, 0.1) is 18.3 Å². The standard InChI is InChI=1S/C26H22N6O4S3/c1-13-8-9-19(38-13)21-16(11-27)23(28)32(17-6-3-7-18(33)22(17)21)25-30-31-26(39-25)37-12-20(34)29-15-5-2-4-14(10-15)24(35)36/h2,4-5,8-10,21H,3,6-7,12,28H2,1H3,(H,29,34)(H,35,36). The number of nitrogens with zero attached hydrogens (tertiary/aromatic N) is 4. The van der Waals surface area contributed by atoms with Gasteiger partial charge in [-0.05, 0) is 50.1 Å². The average molecular weight is 579 g/mol. The molecule has 3 heterocycles. The van der Waals surface area contributed by atoms with Gasteiger partial charge in [0.05, 0.1) is 28.9 Å². The van der Waals surface area contributed by atoms with Gasteiger partial charge in [-0.3, -0.25) is 14.5 Å². The minimum absolute atomic E-state index is 0.000283. The van der Waals surface area contributed by atoms with Crippen LogP contribution in [0.5, 0.6) is 0 Å². The van der Waals surface area contributed by atoms with Crippen molar-refractivity contribution in [2.45, 2.75) is 36.4 Å². The Bertz CT molecular complexity index is 1600. The first-order valence-corrected chi connectivity index (χ1v) is 14.5. The number of anilines is 2. The van der Waals surface area contributed by atoms with E-state index in [2.05, 4.69) is 21.6 Å². The summed E-state index contributed by atoms with van der Waals surface area (Å²) in [6.45, 7) is 1.98. The number of ketones is 1. The molecule has 0 saturated heterocycles. The number of carbonyl (C=O) groups excluding carboxylic acids is 2. The quantitative estimate of drug-likeness (QED) is 0.337. The summed E-state index contributed by atoms with van der Waals surface area (Å²) in [5, 5.41) is 30.8. The number of allylic oxidation sites excluding steroid dienone is 3. The Morgan fingerprint density at radius 3 is 2.79 bits per heavy atom. The number of carboxylic acid groups (broad SMARTS) is 1. The van der Waals surface area contributed by atoms with Crippen LogP contribution in [0.4, 0.5) is 10.8 Å². The third kappa shape index (κ3) is 5.31. The summed E-state index contributed by atoms with van der Waals surface area (Å²) in [6.07, 6.45) is 1.69. The van der Waals surface area contributed by atoms with Gasteiger partial charge in [-0.15, -0.1) is 21.5 Å². The van der Waals surface area contributed by atoms with Gasteiger partial charge >= 0.3 is 5.97 Å². The number of aryl methyl sites for hydroxylation is 1. The van der Waals surface area contributed by atoms with Crippen LogP contribution in [0.25, 0.3) is 0 Å². The molecule has 1 amide bonds. The Kier molecular flexibility index (Phi) is 7.51. The molecule has 0 radical (unpaired) electrons. The van der Waals surface area contributed by atoms with Crippen molar-refractivity contribution in [2.24, 2.45) is 5.73 Å². The van der Waals surface area contributed by atoms with E-state index >= 15 is 0 Å². The highest BCUT2D eigenvalue weighted by molar-refractivity contribution is 8.01. The minimum atomic E-state index is -1.08. The zero-order chi connectivity index (χ0) is 27.7. The molecule has 10 nitrogen and oxygen atoms in total. The van der Waals surface area contributed by atoms with Crippen molar-refractivity contribution in [1.29, 1.82) is 5.26 Å². The Hall–Kier alpha value is -3.99. The maximum atomic E-state index is 13.2. The number of carbonyl (C=O) groups is 3. The van der Waals surface area contributed by atoms with Gasteiger partial charge in [-0.25, -0.2) is 4.79 Å². The van der Waals surface area contributed by atoms with Gasteiger partial charge in [0, 0.05) is 33.1 Å². The molecular formula is C26H22N6O4S3. The van der Waals surface area contributed by atoms with Gasteiger partial charge in [0.25, 0.3) is 0 Å². The molecule has 5 rings (SSSR count). The molecule has 198 valence electrons. The second kappa shape index (κ2) is 11.0. The highest BCUT2D eigenvalue weighted by Crippen LogP contribution is 2.48. The monoisotopic (exact) mass is 578 g/mol. The van der Waals surface area contributed by atoms with Crippen molar-refractivity contribution in [3.63, 3.8) is 0 Å². The molecule has 0 spiro atoms. The Balaban J connectivity index is 1.38. The van der Waals surface area contributed by atoms with Crippen LogP contribution in [-0.4, -0.2) is 38.7 Å². The van der Waals surface area contributed by atoms with Crippen LogP contribution >= 0.6 is 34.4 Å². The van der Waals surface area contributed by atoms with Crippen molar-refractivity contribution in [3.05, 3.63) is 74.4 Å². The van der Waals surface area contributed by atoms with Crippen molar-refractivity contribution in [3.8, 4) is 6.07 Å². The molecule has 1 aliphatic heterocycles. The van der Waals surface area contributed by atoms with E-state index in [0.717, 1.165) is 15.5 Å². The number of nitriles is 1. The van der Waals surface area contributed by atoms with Gasteiger partial charge < -0.3 is 16.2 Å². The van der Waals surface area contributed by atoms with Crippen LogP contribution in [0.15, 0.2) is 63.4 Å². The molecule has 3 aromatic rings. The molecule has 4 N–H and O–H groups in total. The Morgan fingerprint density at radius 2 is 2.08 bits per heavy atom. The van der Waals surface area contributed by atoms with Gasteiger partial charge in [-0.2, -0.15) is 5.26 Å². The van der Waals surface area contributed by atoms with E-state index < -0.39 is 11.9 Å². The van der Waals surface area contributed by atoms with E-state index in [0.29, 0.717) is 45.6 Å². The maximum Gasteiger partial charge on any atom is 0.335 e. The number of thioether (sulfide) groups is 1. The fraction of sp³-hybridized carbons (Fsp3) is 0.231. The van der Waals surface area contributed by atoms with Crippen LogP contribution in [0.3, 0.4) is 0 Å². The fourth-order valence-corrected chi connectivity index (χ4v) is 7.28. The van der Waals surface area contributed by atoms with Crippen molar-refractivity contribution < 1.29 is 19.5 Å². The lowest BCUT2D eigenvalue weighted by Gasteiger charge is -2.37. The van der Waals surface area contributed by atoms with E-state index in [1.54, 1.807) is 28.4 Å². The van der Waals surface area contributed by atoms with E-state index in [1.165, 1.54) is 35.2 Å². The summed E-state index contributed by atoms with van der Waals surface area (Å²) in [5.41, 5.74) is 8.65. The first-order valence-electron chi connectivity index (χ1n) is 11.9. The first-order chi connectivity index (χ1) is 18.8. The predicted octanol–water partition coefficient (Wildman–Crippen LogP) is 4.64. The first kappa shape index (κ1) is 26.6. The van der Waals surface area contributed by atoms with E-state index in [4.69, 9.17) is 10.8 Å². The van der Waals surface area contributed by atoms with Crippen molar-refractivity contribution in [1.82, 2.24) is 10.2 Å². The van der Waals surface area contributed by atoms with Crippen LogP contribution in [0.2, 0.25) is 0 Å². The molecule has 1 unspecified atom stereocenters. The number of hydrogen-bond acceptors (Lipinski definition) is 11. The largest absolute Gasteiger partial charge is 0.478 e. The van der Waals surface area contributed by atoms with Gasteiger partial charge in [0.1, 0.15) is 5.82 Å². The zero-order valence-corrected chi connectivity index (χ0v) is 23.1. The highest BCUT2D eigenvalue weighted by atomic mass is 32.2. The van der Waals surface area contributed by atoms with E-state index in [-0.39, 0.29) is 28.8 Å². The second-order valence-electron chi connectivity index (χ2n) is 8.84. The number of hydrogen-bond donors (Lipinski definition) is 3. The third-order valence-electron chi connectivity index (χ3n) is 6.27. The number of thiophene rings is 1. The molecule has 0 bridgehead atoms. The lowest BCUT2D eigenvalue weighted by molar-refractivity contribution is -0.116. The summed E-state index contributed by atoms with van der Waals surface area (Å²) in [6, 6.07) is 12.1. The summed E-state index contributed by atoms with van der Waals surface area (Å²) in [7, 11) is 0. The number of carboxylic acids is 1. The molecule has 2 aliphatic rings. The van der Waals surface area contributed by atoms with E-state index in [9.17, 15) is 19.6 Å².